The highest BCUT2D eigenvalue weighted by molar-refractivity contribution is 5.66. The third-order valence-electron chi connectivity index (χ3n) is 4.40. The standard InChI is InChI=1S/C17H23N3O2/c1-17(2,3)15-14(9-10-20(15)16(21)22)19(4)13-7-5-12(11-18)6-8-13/h5-8,14-15H,9-10H2,1-4H3,(H,21,22). The number of anilines is 1. The second kappa shape index (κ2) is 5.88. The quantitative estimate of drug-likeness (QED) is 0.911. The molecule has 1 aliphatic rings. The highest BCUT2D eigenvalue weighted by Crippen LogP contribution is 2.36. The molecule has 1 N–H and O–H groups in total. The molecule has 1 fully saturated rings. The topological polar surface area (TPSA) is 67.6 Å². The lowest BCUT2D eigenvalue weighted by Gasteiger charge is -2.41. The third-order valence-corrected chi connectivity index (χ3v) is 4.40. The first-order valence-corrected chi connectivity index (χ1v) is 7.48. The maximum Gasteiger partial charge on any atom is 0.407 e. The number of rotatable bonds is 2. The normalized spacial score (nSPS) is 21.5. The van der Waals surface area contributed by atoms with E-state index < -0.39 is 6.09 Å². The monoisotopic (exact) mass is 301 g/mol. The summed E-state index contributed by atoms with van der Waals surface area (Å²) < 4.78 is 0. The van der Waals surface area contributed by atoms with Crippen molar-refractivity contribution in [1.29, 1.82) is 5.26 Å². The van der Waals surface area contributed by atoms with Crippen molar-refractivity contribution in [2.75, 3.05) is 18.5 Å². The summed E-state index contributed by atoms with van der Waals surface area (Å²) in [6, 6.07) is 9.60. The van der Waals surface area contributed by atoms with E-state index in [1.54, 1.807) is 17.0 Å². The van der Waals surface area contributed by atoms with E-state index in [-0.39, 0.29) is 17.5 Å². The fourth-order valence-electron chi connectivity index (χ4n) is 3.40. The Morgan fingerprint density at radius 3 is 2.41 bits per heavy atom. The predicted octanol–water partition coefficient (Wildman–Crippen LogP) is 3.16. The van der Waals surface area contributed by atoms with Crippen LogP contribution in [-0.4, -0.2) is 41.8 Å². The Morgan fingerprint density at radius 1 is 1.36 bits per heavy atom. The number of benzene rings is 1. The maximum absolute atomic E-state index is 11.5. The van der Waals surface area contributed by atoms with Gasteiger partial charge in [-0.3, -0.25) is 0 Å². The van der Waals surface area contributed by atoms with Crippen LogP contribution >= 0.6 is 0 Å². The molecule has 118 valence electrons. The van der Waals surface area contributed by atoms with Gasteiger partial charge in [-0.2, -0.15) is 5.26 Å². The molecule has 5 nitrogen and oxygen atoms in total. The van der Waals surface area contributed by atoms with E-state index in [9.17, 15) is 9.90 Å². The number of likely N-dealkylation sites (tertiary alicyclic amines) is 1. The average molecular weight is 301 g/mol. The number of hydrogen-bond donors (Lipinski definition) is 1. The molecule has 0 saturated carbocycles. The summed E-state index contributed by atoms with van der Waals surface area (Å²) in [4.78, 5) is 15.2. The second-order valence-corrected chi connectivity index (χ2v) is 6.91. The first-order chi connectivity index (χ1) is 10.3. The van der Waals surface area contributed by atoms with Gasteiger partial charge >= 0.3 is 6.09 Å². The molecule has 0 aliphatic carbocycles. The zero-order valence-corrected chi connectivity index (χ0v) is 13.6. The molecule has 0 radical (unpaired) electrons. The largest absolute Gasteiger partial charge is 0.465 e. The minimum absolute atomic E-state index is 0.0642. The lowest BCUT2D eigenvalue weighted by atomic mass is 9.82. The summed E-state index contributed by atoms with van der Waals surface area (Å²) in [5, 5.41) is 18.3. The summed E-state index contributed by atoms with van der Waals surface area (Å²) in [6.07, 6.45) is -0.0410. The van der Waals surface area contributed by atoms with E-state index in [0.29, 0.717) is 12.1 Å². The molecule has 1 amide bonds. The molecule has 1 aliphatic heterocycles. The molecule has 22 heavy (non-hydrogen) atoms. The van der Waals surface area contributed by atoms with Crippen LogP contribution in [0.25, 0.3) is 0 Å². The maximum atomic E-state index is 11.5. The van der Waals surface area contributed by atoms with E-state index >= 15 is 0 Å². The van der Waals surface area contributed by atoms with Crippen LogP contribution < -0.4 is 4.90 Å². The molecule has 1 saturated heterocycles. The van der Waals surface area contributed by atoms with Crippen molar-refractivity contribution in [3.8, 4) is 6.07 Å². The molecular formula is C17H23N3O2. The highest BCUT2D eigenvalue weighted by atomic mass is 16.4. The Balaban J connectivity index is 2.29. The van der Waals surface area contributed by atoms with Crippen LogP contribution in [0.5, 0.6) is 0 Å². The van der Waals surface area contributed by atoms with Gasteiger partial charge in [-0.05, 0) is 36.1 Å². The minimum Gasteiger partial charge on any atom is -0.465 e. The van der Waals surface area contributed by atoms with Gasteiger partial charge in [0, 0.05) is 19.3 Å². The molecule has 2 rings (SSSR count). The van der Waals surface area contributed by atoms with Crippen LogP contribution in [0.4, 0.5) is 10.5 Å². The zero-order valence-electron chi connectivity index (χ0n) is 13.6. The molecule has 5 heteroatoms. The molecule has 1 aromatic carbocycles. The summed E-state index contributed by atoms with van der Waals surface area (Å²) in [5.41, 5.74) is 1.49. The Hall–Kier alpha value is -2.22. The van der Waals surface area contributed by atoms with E-state index in [2.05, 4.69) is 31.7 Å². The van der Waals surface area contributed by atoms with E-state index in [1.165, 1.54) is 0 Å². The fraction of sp³-hybridized carbons (Fsp3) is 0.529. The fourth-order valence-corrected chi connectivity index (χ4v) is 3.40. The first-order valence-electron chi connectivity index (χ1n) is 7.48. The van der Waals surface area contributed by atoms with Crippen molar-refractivity contribution in [1.82, 2.24) is 4.90 Å². The zero-order chi connectivity index (χ0) is 16.5. The summed E-state index contributed by atoms with van der Waals surface area (Å²) in [5.74, 6) is 0. The van der Waals surface area contributed by atoms with Crippen LogP contribution in [0.15, 0.2) is 24.3 Å². The minimum atomic E-state index is -0.851. The summed E-state index contributed by atoms with van der Waals surface area (Å²) in [6.45, 7) is 6.80. The lowest BCUT2D eigenvalue weighted by Crippen LogP contribution is -2.52. The van der Waals surface area contributed by atoms with Crippen LogP contribution in [0, 0.1) is 16.7 Å². The number of carbonyl (C=O) groups is 1. The molecule has 0 spiro atoms. The number of hydrogen-bond acceptors (Lipinski definition) is 3. The third kappa shape index (κ3) is 3.01. The van der Waals surface area contributed by atoms with Crippen LogP contribution in [0.2, 0.25) is 0 Å². The summed E-state index contributed by atoms with van der Waals surface area (Å²) in [7, 11) is 2.00. The van der Waals surface area contributed by atoms with E-state index in [0.717, 1.165) is 12.1 Å². The number of carboxylic acid groups (broad SMARTS) is 1. The Morgan fingerprint density at radius 2 is 1.95 bits per heavy atom. The first kappa shape index (κ1) is 16.2. The molecule has 1 aromatic rings. The van der Waals surface area contributed by atoms with Gasteiger partial charge in [0.15, 0.2) is 0 Å². The molecule has 0 aromatic heterocycles. The van der Waals surface area contributed by atoms with Gasteiger partial charge in [0.05, 0.1) is 23.7 Å². The lowest BCUT2D eigenvalue weighted by molar-refractivity contribution is 0.101. The molecule has 0 bridgehead atoms. The molecule has 1 heterocycles. The van der Waals surface area contributed by atoms with Crippen molar-refractivity contribution in [3.05, 3.63) is 29.8 Å². The molecular weight excluding hydrogens is 278 g/mol. The molecule has 2 unspecified atom stereocenters. The average Bonchev–Trinajstić information content (AvgIpc) is 2.92. The van der Waals surface area contributed by atoms with Crippen LogP contribution in [-0.2, 0) is 0 Å². The van der Waals surface area contributed by atoms with Gasteiger partial charge in [0.2, 0.25) is 0 Å². The number of nitriles is 1. The van der Waals surface area contributed by atoms with Gasteiger partial charge in [0.1, 0.15) is 0 Å². The van der Waals surface area contributed by atoms with Gasteiger partial charge in [0.25, 0.3) is 0 Å². The Kier molecular flexibility index (Phi) is 4.32. The number of nitrogens with zero attached hydrogens (tertiary/aromatic N) is 3. The van der Waals surface area contributed by atoms with Crippen molar-refractivity contribution in [2.45, 2.75) is 39.3 Å². The van der Waals surface area contributed by atoms with Crippen LogP contribution in [0.1, 0.15) is 32.8 Å². The SMILES string of the molecule is CN(c1ccc(C#N)cc1)C1CCN(C(=O)O)C1C(C)(C)C. The van der Waals surface area contributed by atoms with Gasteiger partial charge in [-0.1, -0.05) is 20.8 Å². The second-order valence-electron chi connectivity index (χ2n) is 6.91. The van der Waals surface area contributed by atoms with Crippen molar-refractivity contribution in [3.63, 3.8) is 0 Å². The van der Waals surface area contributed by atoms with Gasteiger partial charge in [-0.25, -0.2) is 4.79 Å². The van der Waals surface area contributed by atoms with Crippen molar-refractivity contribution < 1.29 is 9.90 Å². The molecule has 2 atom stereocenters. The smallest absolute Gasteiger partial charge is 0.407 e. The number of amides is 1. The Labute approximate surface area is 131 Å². The van der Waals surface area contributed by atoms with Crippen molar-refractivity contribution in [2.24, 2.45) is 5.41 Å². The Bertz CT molecular complexity index is 583. The highest BCUT2D eigenvalue weighted by Gasteiger charge is 2.45. The number of likely N-dealkylation sites (N-methyl/N-ethyl adjacent to an activating group) is 1. The van der Waals surface area contributed by atoms with Crippen molar-refractivity contribution >= 4 is 11.8 Å². The van der Waals surface area contributed by atoms with Crippen LogP contribution in [0.3, 0.4) is 0 Å². The van der Waals surface area contributed by atoms with Gasteiger partial charge in [-0.15, -0.1) is 0 Å². The predicted molar refractivity (Wildman–Crippen MR) is 85.9 cm³/mol. The van der Waals surface area contributed by atoms with E-state index in [4.69, 9.17) is 5.26 Å². The van der Waals surface area contributed by atoms with E-state index in [1.807, 2.05) is 19.2 Å². The summed E-state index contributed by atoms with van der Waals surface area (Å²) >= 11 is 0. The van der Waals surface area contributed by atoms with Gasteiger partial charge < -0.3 is 14.9 Å².